The molecule has 2 aromatic rings. The standard InChI is InChI=1S/C16H16F3N/c1-2-8-20-16(11-4-3-5-12(17)9-11)14-10-13(18)6-7-15(14)19/h3-7,9-10,16,20H,2,8H2,1H3. The Bertz CT molecular complexity index is 584. The van der Waals surface area contributed by atoms with E-state index in [4.69, 9.17) is 0 Å². The zero-order valence-electron chi connectivity index (χ0n) is 11.2. The van der Waals surface area contributed by atoms with Crippen molar-refractivity contribution in [2.75, 3.05) is 6.54 Å². The van der Waals surface area contributed by atoms with E-state index in [0.29, 0.717) is 12.1 Å². The van der Waals surface area contributed by atoms with Gasteiger partial charge in [-0.1, -0.05) is 19.1 Å². The van der Waals surface area contributed by atoms with Gasteiger partial charge in [-0.15, -0.1) is 0 Å². The molecule has 2 aromatic carbocycles. The molecule has 0 amide bonds. The Kier molecular flexibility index (Phi) is 4.79. The van der Waals surface area contributed by atoms with Crippen LogP contribution in [0, 0.1) is 17.5 Å². The van der Waals surface area contributed by atoms with Gasteiger partial charge in [0.05, 0.1) is 6.04 Å². The van der Waals surface area contributed by atoms with E-state index in [1.807, 2.05) is 6.92 Å². The van der Waals surface area contributed by atoms with Crippen molar-refractivity contribution in [3.8, 4) is 0 Å². The third-order valence-corrected chi connectivity index (χ3v) is 3.05. The molecule has 2 rings (SSSR count). The predicted octanol–water partition coefficient (Wildman–Crippen LogP) is 4.19. The molecular weight excluding hydrogens is 263 g/mol. The minimum Gasteiger partial charge on any atom is -0.306 e. The summed E-state index contributed by atoms with van der Waals surface area (Å²) in [4.78, 5) is 0. The highest BCUT2D eigenvalue weighted by Crippen LogP contribution is 2.25. The predicted molar refractivity (Wildman–Crippen MR) is 72.9 cm³/mol. The highest BCUT2D eigenvalue weighted by Gasteiger charge is 2.18. The molecule has 0 aliphatic carbocycles. The lowest BCUT2D eigenvalue weighted by molar-refractivity contribution is 0.532. The molecule has 1 unspecified atom stereocenters. The monoisotopic (exact) mass is 279 g/mol. The summed E-state index contributed by atoms with van der Waals surface area (Å²) in [7, 11) is 0. The van der Waals surface area contributed by atoms with Gasteiger partial charge >= 0.3 is 0 Å². The molecule has 4 heteroatoms. The van der Waals surface area contributed by atoms with Crippen LogP contribution in [0.5, 0.6) is 0 Å². The minimum absolute atomic E-state index is 0.184. The molecule has 0 saturated carbocycles. The van der Waals surface area contributed by atoms with Gasteiger partial charge in [-0.3, -0.25) is 0 Å². The number of hydrogen-bond acceptors (Lipinski definition) is 1. The zero-order valence-corrected chi connectivity index (χ0v) is 11.2. The summed E-state index contributed by atoms with van der Waals surface area (Å²) in [6, 6.07) is 8.64. The Hall–Kier alpha value is -1.81. The zero-order chi connectivity index (χ0) is 14.5. The van der Waals surface area contributed by atoms with Crippen LogP contribution in [0.2, 0.25) is 0 Å². The molecule has 0 aromatic heterocycles. The van der Waals surface area contributed by atoms with Crippen LogP contribution >= 0.6 is 0 Å². The topological polar surface area (TPSA) is 12.0 Å². The van der Waals surface area contributed by atoms with Gasteiger partial charge in [0.1, 0.15) is 17.5 Å². The van der Waals surface area contributed by atoms with Gasteiger partial charge in [-0.2, -0.15) is 0 Å². The molecule has 0 heterocycles. The Morgan fingerprint density at radius 3 is 2.45 bits per heavy atom. The van der Waals surface area contributed by atoms with Crippen LogP contribution in [-0.2, 0) is 0 Å². The van der Waals surface area contributed by atoms with Gasteiger partial charge in [0.15, 0.2) is 0 Å². The van der Waals surface area contributed by atoms with Crippen LogP contribution in [0.25, 0.3) is 0 Å². The number of rotatable bonds is 5. The van der Waals surface area contributed by atoms with Crippen LogP contribution < -0.4 is 5.32 Å². The van der Waals surface area contributed by atoms with E-state index in [1.54, 1.807) is 12.1 Å². The first-order valence-corrected chi connectivity index (χ1v) is 6.55. The molecule has 20 heavy (non-hydrogen) atoms. The highest BCUT2D eigenvalue weighted by atomic mass is 19.1. The van der Waals surface area contributed by atoms with Gasteiger partial charge in [0, 0.05) is 5.56 Å². The summed E-state index contributed by atoms with van der Waals surface area (Å²) in [5.74, 6) is -1.42. The summed E-state index contributed by atoms with van der Waals surface area (Å²) in [6.07, 6.45) is 0.836. The van der Waals surface area contributed by atoms with Crippen LogP contribution in [0.4, 0.5) is 13.2 Å². The van der Waals surface area contributed by atoms with Crippen molar-refractivity contribution in [1.29, 1.82) is 0 Å². The largest absolute Gasteiger partial charge is 0.306 e. The molecule has 106 valence electrons. The lowest BCUT2D eigenvalue weighted by atomic mass is 9.97. The second-order valence-electron chi connectivity index (χ2n) is 4.61. The molecule has 1 nitrogen and oxygen atoms in total. The first-order chi connectivity index (χ1) is 9.61. The van der Waals surface area contributed by atoms with Crippen molar-refractivity contribution in [2.24, 2.45) is 0 Å². The van der Waals surface area contributed by atoms with E-state index in [0.717, 1.165) is 24.6 Å². The molecule has 0 radical (unpaired) electrons. The average Bonchev–Trinajstić information content (AvgIpc) is 2.43. The average molecular weight is 279 g/mol. The van der Waals surface area contributed by atoms with E-state index in [-0.39, 0.29) is 5.56 Å². The summed E-state index contributed by atoms with van der Waals surface area (Å²) in [5, 5.41) is 3.12. The van der Waals surface area contributed by atoms with Crippen molar-refractivity contribution in [1.82, 2.24) is 5.32 Å². The molecule has 0 aliphatic rings. The van der Waals surface area contributed by atoms with Crippen LogP contribution in [0.3, 0.4) is 0 Å². The molecule has 0 bridgehead atoms. The second-order valence-corrected chi connectivity index (χ2v) is 4.61. The lowest BCUT2D eigenvalue weighted by Gasteiger charge is -2.20. The Morgan fingerprint density at radius 2 is 1.75 bits per heavy atom. The summed E-state index contributed by atoms with van der Waals surface area (Å²) >= 11 is 0. The van der Waals surface area contributed by atoms with Gasteiger partial charge in [-0.25, -0.2) is 13.2 Å². The van der Waals surface area contributed by atoms with Gasteiger partial charge < -0.3 is 5.32 Å². The summed E-state index contributed by atoms with van der Waals surface area (Å²) in [5.41, 5.74) is 0.756. The van der Waals surface area contributed by atoms with E-state index in [9.17, 15) is 13.2 Å². The summed E-state index contributed by atoms with van der Waals surface area (Å²) in [6.45, 7) is 2.59. The third-order valence-electron chi connectivity index (χ3n) is 3.05. The maximum Gasteiger partial charge on any atom is 0.128 e. The number of benzene rings is 2. The first kappa shape index (κ1) is 14.6. The van der Waals surface area contributed by atoms with Gasteiger partial charge in [0.25, 0.3) is 0 Å². The Morgan fingerprint density at radius 1 is 1.00 bits per heavy atom. The molecule has 1 N–H and O–H groups in total. The molecular formula is C16H16F3N. The fourth-order valence-corrected chi connectivity index (χ4v) is 2.12. The van der Waals surface area contributed by atoms with Gasteiger partial charge in [-0.05, 0) is 48.9 Å². The second kappa shape index (κ2) is 6.57. The lowest BCUT2D eigenvalue weighted by Crippen LogP contribution is -2.24. The van der Waals surface area contributed by atoms with Crippen LogP contribution in [0.15, 0.2) is 42.5 Å². The summed E-state index contributed by atoms with van der Waals surface area (Å²) < 4.78 is 40.6. The van der Waals surface area contributed by atoms with Crippen LogP contribution in [-0.4, -0.2) is 6.54 Å². The van der Waals surface area contributed by atoms with Crippen molar-refractivity contribution in [3.05, 3.63) is 71.0 Å². The SMILES string of the molecule is CCCNC(c1cccc(F)c1)c1cc(F)ccc1F. The Labute approximate surface area is 116 Å². The smallest absolute Gasteiger partial charge is 0.128 e. The normalized spacial score (nSPS) is 12.4. The van der Waals surface area contributed by atoms with Crippen molar-refractivity contribution < 1.29 is 13.2 Å². The number of nitrogens with one attached hydrogen (secondary N) is 1. The van der Waals surface area contributed by atoms with Gasteiger partial charge in [0.2, 0.25) is 0 Å². The molecule has 0 aliphatic heterocycles. The molecule has 1 atom stereocenters. The molecule has 0 saturated heterocycles. The highest BCUT2D eigenvalue weighted by molar-refractivity contribution is 5.33. The number of hydrogen-bond donors (Lipinski definition) is 1. The maximum absolute atomic E-state index is 13.9. The van der Waals surface area contributed by atoms with E-state index >= 15 is 0 Å². The quantitative estimate of drug-likeness (QED) is 0.865. The van der Waals surface area contributed by atoms with Crippen LogP contribution in [0.1, 0.15) is 30.5 Å². The molecule has 0 spiro atoms. The van der Waals surface area contributed by atoms with Crippen molar-refractivity contribution in [2.45, 2.75) is 19.4 Å². The fourth-order valence-electron chi connectivity index (χ4n) is 2.12. The van der Waals surface area contributed by atoms with Crippen molar-refractivity contribution >= 4 is 0 Å². The Balaban J connectivity index is 2.44. The first-order valence-electron chi connectivity index (χ1n) is 6.55. The molecule has 0 fully saturated rings. The van der Waals surface area contributed by atoms with Crippen molar-refractivity contribution in [3.63, 3.8) is 0 Å². The number of halogens is 3. The third kappa shape index (κ3) is 3.39. The fraction of sp³-hybridized carbons (Fsp3) is 0.250. The van der Waals surface area contributed by atoms with E-state index in [1.165, 1.54) is 12.1 Å². The minimum atomic E-state index is -0.568. The van der Waals surface area contributed by atoms with E-state index in [2.05, 4.69) is 5.32 Å². The maximum atomic E-state index is 13.9. The van der Waals surface area contributed by atoms with E-state index < -0.39 is 23.5 Å².